The van der Waals surface area contributed by atoms with Crippen LogP contribution in [0.4, 0.5) is 0 Å². The second-order valence-electron chi connectivity index (χ2n) is 8.60. The summed E-state index contributed by atoms with van der Waals surface area (Å²) in [6.07, 6.45) is 5.97. The molecule has 1 saturated heterocycles. The third-order valence-corrected chi connectivity index (χ3v) is 6.27. The zero-order valence-corrected chi connectivity index (χ0v) is 19.4. The molecular formula is C24H32N6O3. The van der Waals surface area contributed by atoms with Gasteiger partial charge in [0.05, 0.1) is 10.9 Å². The van der Waals surface area contributed by atoms with Gasteiger partial charge < -0.3 is 19.5 Å². The monoisotopic (exact) mass is 452 g/mol. The summed E-state index contributed by atoms with van der Waals surface area (Å²) in [7, 11) is 1.62. The van der Waals surface area contributed by atoms with Gasteiger partial charge in [0, 0.05) is 39.5 Å². The number of hydrogen-bond donors (Lipinski definition) is 2. The molecule has 0 aromatic carbocycles. The molecular weight excluding hydrogens is 420 g/mol. The minimum absolute atomic E-state index is 0.0545. The van der Waals surface area contributed by atoms with E-state index in [2.05, 4.69) is 10.2 Å². The molecule has 3 aromatic heterocycles. The zero-order valence-electron chi connectivity index (χ0n) is 19.4. The molecule has 0 atom stereocenters. The Balaban J connectivity index is 1.72. The van der Waals surface area contributed by atoms with Crippen molar-refractivity contribution in [2.45, 2.75) is 39.2 Å². The van der Waals surface area contributed by atoms with Crippen molar-refractivity contribution in [2.75, 3.05) is 39.9 Å². The third-order valence-electron chi connectivity index (χ3n) is 6.27. The van der Waals surface area contributed by atoms with Gasteiger partial charge in [0.15, 0.2) is 0 Å². The molecule has 1 aliphatic heterocycles. The minimum atomic E-state index is -0.340. The molecule has 0 aliphatic carbocycles. The second-order valence-corrected chi connectivity index (χ2v) is 8.60. The summed E-state index contributed by atoms with van der Waals surface area (Å²) in [5.74, 6) is -0.340. The summed E-state index contributed by atoms with van der Waals surface area (Å²) < 4.78 is 8.33. The summed E-state index contributed by atoms with van der Waals surface area (Å²) in [5.41, 5.74) is 1.82. The van der Waals surface area contributed by atoms with Crippen molar-refractivity contribution in [2.24, 2.45) is 0 Å². The quantitative estimate of drug-likeness (QED) is 0.400. The highest BCUT2D eigenvalue weighted by Crippen LogP contribution is 2.13. The molecule has 0 spiro atoms. The first kappa shape index (κ1) is 23.1. The number of ether oxygens (including phenoxy) is 1. The summed E-state index contributed by atoms with van der Waals surface area (Å²) in [5, 5.41) is 12.0. The Bertz CT molecular complexity index is 1270. The SMILES string of the molecule is COCCCn1c(=N)c(C(=O)NCCN2CCCCC2)cc2c(=O)n3cccc(C)c3nc21. The Kier molecular flexibility index (Phi) is 7.20. The first-order chi connectivity index (χ1) is 16.0. The summed E-state index contributed by atoms with van der Waals surface area (Å²) in [6, 6.07) is 5.22. The highest BCUT2D eigenvalue weighted by atomic mass is 16.5. The summed E-state index contributed by atoms with van der Waals surface area (Å²) in [6.45, 7) is 6.24. The average molecular weight is 453 g/mol. The lowest BCUT2D eigenvalue weighted by molar-refractivity contribution is 0.0944. The van der Waals surface area contributed by atoms with Crippen LogP contribution in [0.2, 0.25) is 0 Å². The fourth-order valence-electron chi connectivity index (χ4n) is 4.46. The number of hydrogen-bond acceptors (Lipinski definition) is 6. The Hall–Kier alpha value is -3.04. The number of rotatable bonds is 8. The van der Waals surface area contributed by atoms with Crippen LogP contribution in [0, 0.1) is 12.3 Å². The Morgan fingerprint density at radius 2 is 2.00 bits per heavy atom. The molecule has 0 saturated carbocycles. The molecule has 0 radical (unpaired) electrons. The van der Waals surface area contributed by atoms with E-state index in [-0.39, 0.29) is 22.5 Å². The fraction of sp³-hybridized carbons (Fsp3) is 0.500. The summed E-state index contributed by atoms with van der Waals surface area (Å²) >= 11 is 0. The Morgan fingerprint density at radius 1 is 1.21 bits per heavy atom. The molecule has 1 amide bonds. The van der Waals surface area contributed by atoms with Gasteiger partial charge in [0.25, 0.3) is 11.5 Å². The number of pyridine rings is 2. The van der Waals surface area contributed by atoms with Crippen molar-refractivity contribution in [3.8, 4) is 0 Å². The number of likely N-dealkylation sites (tertiary alicyclic amines) is 1. The van der Waals surface area contributed by atoms with Gasteiger partial charge in [0.2, 0.25) is 0 Å². The number of fused-ring (bicyclic) bond motifs is 2. The molecule has 4 rings (SSSR count). The lowest BCUT2D eigenvalue weighted by atomic mass is 10.1. The number of amides is 1. The van der Waals surface area contributed by atoms with E-state index < -0.39 is 0 Å². The van der Waals surface area contributed by atoms with Crippen molar-refractivity contribution in [3.05, 3.63) is 51.4 Å². The lowest BCUT2D eigenvalue weighted by Gasteiger charge is -2.26. The van der Waals surface area contributed by atoms with Crippen LogP contribution in [0.3, 0.4) is 0 Å². The first-order valence-electron chi connectivity index (χ1n) is 11.6. The number of piperidine rings is 1. The van der Waals surface area contributed by atoms with Gasteiger partial charge in [-0.05, 0) is 57.0 Å². The molecule has 0 unspecified atom stereocenters. The topological polar surface area (TPSA) is 105 Å². The predicted octanol–water partition coefficient (Wildman–Crippen LogP) is 1.69. The maximum Gasteiger partial charge on any atom is 0.267 e. The maximum atomic E-state index is 13.3. The molecule has 9 nitrogen and oxygen atoms in total. The van der Waals surface area contributed by atoms with E-state index in [1.165, 1.54) is 29.7 Å². The number of methoxy groups -OCH3 is 1. The van der Waals surface area contributed by atoms with E-state index in [1.807, 2.05) is 13.0 Å². The van der Waals surface area contributed by atoms with Gasteiger partial charge in [0.1, 0.15) is 16.8 Å². The predicted molar refractivity (Wildman–Crippen MR) is 127 cm³/mol. The van der Waals surface area contributed by atoms with Crippen molar-refractivity contribution in [1.82, 2.24) is 24.2 Å². The molecule has 1 aliphatic rings. The van der Waals surface area contributed by atoms with Crippen LogP contribution in [0.5, 0.6) is 0 Å². The van der Waals surface area contributed by atoms with Crippen LogP contribution in [0.1, 0.15) is 41.6 Å². The third kappa shape index (κ3) is 4.84. The largest absolute Gasteiger partial charge is 0.385 e. The number of aromatic nitrogens is 3. The number of aryl methyl sites for hydroxylation is 2. The molecule has 176 valence electrons. The van der Waals surface area contributed by atoms with E-state index in [0.717, 1.165) is 25.2 Å². The highest BCUT2D eigenvalue weighted by molar-refractivity contribution is 5.96. The van der Waals surface area contributed by atoms with E-state index in [9.17, 15) is 9.59 Å². The van der Waals surface area contributed by atoms with Gasteiger partial charge in [-0.15, -0.1) is 0 Å². The number of nitrogens with one attached hydrogen (secondary N) is 2. The van der Waals surface area contributed by atoms with Gasteiger partial charge in [-0.2, -0.15) is 0 Å². The standard InChI is InChI=1S/C24H32N6O3/c1-17-8-6-12-30-21(17)27-22-19(24(30)32)16-18(20(25)29(22)13-7-15-33-2)23(31)26-9-14-28-10-4-3-5-11-28/h6,8,12,16,25H,3-5,7,9-11,13-15H2,1-2H3,(H,26,31). The average Bonchev–Trinajstić information content (AvgIpc) is 2.82. The molecule has 0 bridgehead atoms. The maximum absolute atomic E-state index is 13.3. The molecule has 33 heavy (non-hydrogen) atoms. The van der Waals surface area contributed by atoms with E-state index >= 15 is 0 Å². The molecule has 3 aromatic rings. The van der Waals surface area contributed by atoms with Crippen molar-refractivity contribution >= 4 is 22.6 Å². The van der Waals surface area contributed by atoms with Crippen LogP contribution in [0.25, 0.3) is 16.7 Å². The van der Waals surface area contributed by atoms with E-state index in [4.69, 9.17) is 15.1 Å². The zero-order chi connectivity index (χ0) is 23.4. The molecule has 4 heterocycles. The minimum Gasteiger partial charge on any atom is -0.385 e. The normalized spacial score (nSPS) is 14.7. The van der Waals surface area contributed by atoms with Crippen LogP contribution < -0.4 is 16.4 Å². The van der Waals surface area contributed by atoms with Crippen molar-refractivity contribution in [1.29, 1.82) is 5.41 Å². The summed E-state index contributed by atoms with van der Waals surface area (Å²) in [4.78, 5) is 33.4. The number of carbonyl (C=O) groups excluding carboxylic acids is 1. The van der Waals surface area contributed by atoms with Crippen LogP contribution >= 0.6 is 0 Å². The Morgan fingerprint density at radius 3 is 2.76 bits per heavy atom. The lowest BCUT2D eigenvalue weighted by Crippen LogP contribution is -2.40. The van der Waals surface area contributed by atoms with Gasteiger partial charge in [-0.1, -0.05) is 12.5 Å². The van der Waals surface area contributed by atoms with Gasteiger partial charge in [-0.25, -0.2) is 4.98 Å². The van der Waals surface area contributed by atoms with Crippen molar-refractivity contribution in [3.63, 3.8) is 0 Å². The molecule has 9 heteroatoms. The number of carbonyl (C=O) groups is 1. The fourth-order valence-corrected chi connectivity index (χ4v) is 4.46. The van der Waals surface area contributed by atoms with E-state index in [0.29, 0.717) is 42.8 Å². The molecule has 2 N–H and O–H groups in total. The Labute approximate surface area is 192 Å². The van der Waals surface area contributed by atoms with Gasteiger partial charge in [-0.3, -0.25) is 19.4 Å². The van der Waals surface area contributed by atoms with Gasteiger partial charge >= 0.3 is 0 Å². The highest BCUT2D eigenvalue weighted by Gasteiger charge is 2.18. The van der Waals surface area contributed by atoms with Crippen molar-refractivity contribution < 1.29 is 9.53 Å². The van der Waals surface area contributed by atoms with E-state index in [1.54, 1.807) is 23.9 Å². The molecule has 1 fully saturated rings. The smallest absolute Gasteiger partial charge is 0.267 e. The second kappa shape index (κ2) is 10.3. The van der Waals surface area contributed by atoms with Crippen LogP contribution in [-0.4, -0.2) is 64.7 Å². The first-order valence-corrected chi connectivity index (χ1v) is 11.6. The number of nitrogens with zero attached hydrogens (tertiary/aromatic N) is 4. The van der Waals surface area contributed by atoms with Crippen LogP contribution in [0.15, 0.2) is 29.2 Å². The van der Waals surface area contributed by atoms with Crippen LogP contribution in [-0.2, 0) is 11.3 Å².